The fourth-order valence-electron chi connectivity index (χ4n) is 3.39. The van der Waals surface area contributed by atoms with Crippen molar-refractivity contribution in [2.45, 2.75) is 58.5 Å². The van der Waals surface area contributed by atoms with Crippen LogP contribution >= 0.6 is 0 Å². The molecule has 0 bridgehead atoms. The molecule has 1 aliphatic heterocycles. The number of piperidine rings is 1. The largest absolute Gasteiger partial charge is 0.444 e. The van der Waals surface area contributed by atoms with Gasteiger partial charge in [0.25, 0.3) is 0 Å². The summed E-state index contributed by atoms with van der Waals surface area (Å²) in [5.41, 5.74) is -0.462. The maximum absolute atomic E-state index is 12.4. The van der Waals surface area contributed by atoms with Crippen LogP contribution in [0.4, 0.5) is 4.79 Å². The number of likely N-dealkylation sites (tertiary alicyclic amines) is 1. The van der Waals surface area contributed by atoms with Crippen LogP contribution in [0.25, 0.3) is 0 Å². The lowest BCUT2D eigenvalue weighted by molar-refractivity contribution is -0.133. The third-order valence-electron chi connectivity index (χ3n) is 4.75. The zero-order valence-corrected chi connectivity index (χ0v) is 15.6. The highest BCUT2D eigenvalue weighted by atomic mass is 16.6. The third-order valence-corrected chi connectivity index (χ3v) is 4.75. The Hall–Kier alpha value is -1.52. The van der Waals surface area contributed by atoms with E-state index >= 15 is 0 Å². The summed E-state index contributed by atoms with van der Waals surface area (Å²) in [5, 5.41) is 0. The Kier molecular flexibility index (Phi) is 6.30. The SMILES string of the molecule is CN(CC1CCN(C(=O)C[C@@H]2C=CCC2)CC1)C(=O)OC(C)(C)C. The van der Waals surface area contributed by atoms with Gasteiger partial charge in [0.1, 0.15) is 5.60 Å². The summed E-state index contributed by atoms with van der Waals surface area (Å²) < 4.78 is 5.39. The molecule has 24 heavy (non-hydrogen) atoms. The first-order valence-electron chi connectivity index (χ1n) is 9.13. The first-order valence-corrected chi connectivity index (χ1v) is 9.13. The molecular formula is C19H32N2O3. The van der Waals surface area contributed by atoms with Crippen LogP contribution in [0.1, 0.15) is 52.9 Å². The molecule has 0 N–H and O–H groups in total. The zero-order valence-electron chi connectivity index (χ0n) is 15.6. The van der Waals surface area contributed by atoms with E-state index < -0.39 is 5.60 Å². The summed E-state index contributed by atoms with van der Waals surface area (Å²) in [6, 6.07) is 0. The van der Waals surface area contributed by atoms with Gasteiger partial charge in [0.2, 0.25) is 5.91 Å². The second-order valence-electron chi connectivity index (χ2n) is 8.15. The summed E-state index contributed by atoms with van der Waals surface area (Å²) in [7, 11) is 1.79. The van der Waals surface area contributed by atoms with Gasteiger partial charge in [-0.1, -0.05) is 12.2 Å². The number of carbonyl (C=O) groups excluding carboxylic acids is 2. The van der Waals surface area contributed by atoms with Crippen LogP contribution in [0.5, 0.6) is 0 Å². The Balaban J connectivity index is 1.71. The first kappa shape index (κ1) is 18.8. The van der Waals surface area contributed by atoms with Gasteiger partial charge < -0.3 is 14.5 Å². The average Bonchev–Trinajstić information content (AvgIpc) is 2.99. The van der Waals surface area contributed by atoms with E-state index in [0.717, 1.165) is 38.8 Å². The number of nitrogens with zero attached hydrogens (tertiary/aromatic N) is 2. The van der Waals surface area contributed by atoms with Gasteiger partial charge in [-0.05, 0) is 58.3 Å². The monoisotopic (exact) mass is 336 g/mol. The Morgan fingerprint density at radius 1 is 1.21 bits per heavy atom. The van der Waals surface area contributed by atoms with E-state index in [4.69, 9.17) is 4.74 Å². The van der Waals surface area contributed by atoms with Crippen molar-refractivity contribution in [2.24, 2.45) is 11.8 Å². The van der Waals surface area contributed by atoms with Crippen molar-refractivity contribution in [3.05, 3.63) is 12.2 Å². The van der Waals surface area contributed by atoms with E-state index in [2.05, 4.69) is 12.2 Å². The molecule has 1 aliphatic carbocycles. The standard InChI is InChI=1S/C19H32N2O3/c1-19(2,3)24-18(23)20(4)14-16-9-11-21(12-10-16)17(22)13-15-7-5-6-8-15/h5,7,15-16H,6,8-14H2,1-4H3/t15-/m1/s1. The third kappa shape index (κ3) is 5.84. The predicted molar refractivity (Wildman–Crippen MR) is 94.6 cm³/mol. The number of rotatable bonds is 4. The second-order valence-corrected chi connectivity index (χ2v) is 8.15. The molecule has 1 atom stereocenters. The smallest absolute Gasteiger partial charge is 0.410 e. The number of amides is 2. The molecule has 0 spiro atoms. The van der Waals surface area contributed by atoms with Crippen molar-refractivity contribution in [2.75, 3.05) is 26.7 Å². The number of allylic oxidation sites excluding steroid dienone is 2. The highest BCUT2D eigenvalue weighted by molar-refractivity contribution is 5.76. The summed E-state index contributed by atoms with van der Waals surface area (Å²) in [6.07, 6.45) is 8.88. The van der Waals surface area contributed by atoms with Gasteiger partial charge in [0.15, 0.2) is 0 Å². The van der Waals surface area contributed by atoms with E-state index in [0.29, 0.717) is 24.8 Å². The van der Waals surface area contributed by atoms with Gasteiger partial charge in [0, 0.05) is 33.1 Å². The molecule has 1 saturated heterocycles. The van der Waals surface area contributed by atoms with E-state index in [-0.39, 0.29) is 12.0 Å². The molecule has 2 rings (SSSR count). The molecule has 0 unspecified atom stereocenters. The normalized spacial score (nSPS) is 21.8. The van der Waals surface area contributed by atoms with E-state index in [9.17, 15) is 9.59 Å². The van der Waals surface area contributed by atoms with Crippen molar-refractivity contribution >= 4 is 12.0 Å². The summed E-state index contributed by atoms with van der Waals surface area (Å²) in [4.78, 5) is 28.0. The average molecular weight is 336 g/mol. The minimum Gasteiger partial charge on any atom is -0.444 e. The summed E-state index contributed by atoms with van der Waals surface area (Å²) >= 11 is 0. The van der Waals surface area contributed by atoms with Crippen LogP contribution in [0.15, 0.2) is 12.2 Å². The van der Waals surface area contributed by atoms with Crippen molar-refractivity contribution in [3.8, 4) is 0 Å². The number of carbonyl (C=O) groups is 2. The van der Waals surface area contributed by atoms with Gasteiger partial charge in [-0.15, -0.1) is 0 Å². The van der Waals surface area contributed by atoms with E-state index in [1.807, 2.05) is 25.7 Å². The van der Waals surface area contributed by atoms with Crippen LogP contribution in [-0.2, 0) is 9.53 Å². The van der Waals surface area contributed by atoms with Crippen molar-refractivity contribution < 1.29 is 14.3 Å². The molecule has 5 nitrogen and oxygen atoms in total. The molecule has 1 heterocycles. The maximum atomic E-state index is 12.4. The van der Waals surface area contributed by atoms with Crippen molar-refractivity contribution in [1.29, 1.82) is 0 Å². The van der Waals surface area contributed by atoms with Crippen LogP contribution in [-0.4, -0.2) is 54.1 Å². The Bertz CT molecular complexity index is 473. The Morgan fingerprint density at radius 2 is 1.88 bits per heavy atom. The van der Waals surface area contributed by atoms with Gasteiger partial charge in [0.05, 0.1) is 0 Å². The summed E-state index contributed by atoms with van der Waals surface area (Å²) in [6.45, 7) is 7.94. The molecule has 0 radical (unpaired) electrons. The summed E-state index contributed by atoms with van der Waals surface area (Å²) in [5.74, 6) is 1.16. The van der Waals surface area contributed by atoms with Gasteiger partial charge in [-0.25, -0.2) is 4.79 Å². The fourth-order valence-corrected chi connectivity index (χ4v) is 3.39. The lowest BCUT2D eigenvalue weighted by atomic mass is 9.95. The number of hydrogen-bond acceptors (Lipinski definition) is 3. The number of ether oxygens (including phenoxy) is 1. The molecular weight excluding hydrogens is 304 g/mol. The molecule has 0 aromatic heterocycles. The molecule has 2 aliphatic rings. The lowest BCUT2D eigenvalue weighted by Gasteiger charge is -2.34. The first-order chi connectivity index (χ1) is 11.2. The van der Waals surface area contributed by atoms with Crippen LogP contribution in [0.2, 0.25) is 0 Å². The molecule has 0 aromatic rings. The van der Waals surface area contributed by atoms with Gasteiger partial charge in [-0.3, -0.25) is 4.79 Å². The minimum atomic E-state index is -0.462. The van der Waals surface area contributed by atoms with Gasteiger partial charge >= 0.3 is 6.09 Å². The zero-order chi connectivity index (χ0) is 17.7. The number of hydrogen-bond donors (Lipinski definition) is 0. The maximum Gasteiger partial charge on any atom is 0.410 e. The highest BCUT2D eigenvalue weighted by Crippen LogP contribution is 2.24. The Morgan fingerprint density at radius 3 is 2.42 bits per heavy atom. The van der Waals surface area contributed by atoms with Crippen LogP contribution < -0.4 is 0 Å². The second kappa shape index (κ2) is 8.04. The lowest BCUT2D eigenvalue weighted by Crippen LogP contribution is -2.43. The molecule has 2 amide bonds. The van der Waals surface area contributed by atoms with Crippen LogP contribution in [0, 0.1) is 11.8 Å². The topological polar surface area (TPSA) is 49.9 Å². The Labute approximate surface area is 146 Å². The molecule has 5 heteroatoms. The van der Waals surface area contributed by atoms with Crippen molar-refractivity contribution in [3.63, 3.8) is 0 Å². The van der Waals surface area contributed by atoms with Crippen LogP contribution in [0.3, 0.4) is 0 Å². The molecule has 136 valence electrons. The molecule has 0 saturated carbocycles. The molecule has 0 aromatic carbocycles. The van der Waals surface area contributed by atoms with E-state index in [1.54, 1.807) is 11.9 Å². The van der Waals surface area contributed by atoms with E-state index in [1.165, 1.54) is 0 Å². The minimum absolute atomic E-state index is 0.269. The predicted octanol–water partition coefficient (Wildman–Crippen LogP) is 3.45. The fraction of sp³-hybridized carbons (Fsp3) is 0.789. The quantitative estimate of drug-likeness (QED) is 0.739. The van der Waals surface area contributed by atoms with Gasteiger partial charge in [-0.2, -0.15) is 0 Å². The molecule has 1 fully saturated rings. The van der Waals surface area contributed by atoms with Crippen molar-refractivity contribution in [1.82, 2.24) is 9.80 Å². The highest BCUT2D eigenvalue weighted by Gasteiger charge is 2.27.